The lowest BCUT2D eigenvalue weighted by molar-refractivity contribution is 0.102. The Kier molecular flexibility index (Phi) is 4.80. The van der Waals surface area contributed by atoms with Gasteiger partial charge in [-0.25, -0.2) is 9.97 Å². The van der Waals surface area contributed by atoms with Crippen molar-refractivity contribution >= 4 is 23.1 Å². The molecule has 2 aromatic carbocycles. The summed E-state index contributed by atoms with van der Waals surface area (Å²) < 4.78 is 10.6. The molecule has 0 unspecified atom stereocenters. The first kappa shape index (κ1) is 17.8. The maximum absolute atomic E-state index is 12.4. The number of nitrogens with one attached hydrogen (secondary N) is 2. The minimum absolute atomic E-state index is 0.187. The van der Waals surface area contributed by atoms with Gasteiger partial charge in [0.1, 0.15) is 11.5 Å². The van der Waals surface area contributed by atoms with Gasteiger partial charge in [-0.2, -0.15) is 0 Å². The summed E-state index contributed by atoms with van der Waals surface area (Å²) in [6.07, 6.45) is 2.99. The van der Waals surface area contributed by atoms with Crippen LogP contribution >= 0.6 is 0 Å². The first-order chi connectivity index (χ1) is 13.6. The molecule has 4 rings (SSSR count). The van der Waals surface area contributed by atoms with E-state index in [4.69, 9.17) is 9.47 Å². The monoisotopic (exact) mass is 376 g/mol. The van der Waals surface area contributed by atoms with Gasteiger partial charge in [0.05, 0.1) is 12.4 Å². The number of carbonyl (C=O) groups is 1. The van der Waals surface area contributed by atoms with Crippen molar-refractivity contribution in [1.29, 1.82) is 0 Å². The molecule has 7 nitrogen and oxygen atoms in total. The molecular formula is C21H20N4O3. The van der Waals surface area contributed by atoms with E-state index < -0.39 is 0 Å². The predicted octanol–water partition coefficient (Wildman–Crippen LogP) is 4.32. The molecule has 28 heavy (non-hydrogen) atoms. The Labute approximate surface area is 162 Å². The van der Waals surface area contributed by atoms with Gasteiger partial charge < -0.3 is 20.1 Å². The summed E-state index contributed by atoms with van der Waals surface area (Å²) in [7, 11) is 0. The first-order valence-corrected chi connectivity index (χ1v) is 8.99. The molecule has 0 fully saturated rings. The number of amides is 1. The highest BCUT2D eigenvalue weighted by Gasteiger charge is 2.15. The van der Waals surface area contributed by atoms with Gasteiger partial charge in [0, 0.05) is 17.4 Å². The van der Waals surface area contributed by atoms with E-state index in [0.29, 0.717) is 28.9 Å². The van der Waals surface area contributed by atoms with E-state index in [1.165, 1.54) is 11.8 Å². The van der Waals surface area contributed by atoms with E-state index in [2.05, 4.69) is 40.5 Å². The number of carbonyl (C=O) groups excluding carboxylic acids is 1. The molecule has 0 spiro atoms. The van der Waals surface area contributed by atoms with Crippen molar-refractivity contribution in [3.63, 3.8) is 0 Å². The molecule has 0 atom stereocenters. The number of hydrogen-bond acceptors (Lipinski definition) is 6. The molecule has 1 aromatic heterocycles. The highest BCUT2D eigenvalue weighted by Crippen LogP contribution is 2.34. The normalized spacial score (nSPS) is 12.1. The van der Waals surface area contributed by atoms with Gasteiger partial charge in [0.2, 0.25) is 6.79 Å². The lowest BCUT2D eigenvalue weighted by Crippen LogP contribution is -2.14. The van der Waals surface area contributed by atoms with Crippen molar-refractivity contribution in [1.82, 2.24) is 9.97 Å². The molecular weight excluding hydrogens is 356 g/mol. The molecule has 1 aliphatic rings. The van der Waals surface area contributed by atoms with Gasteiger partial charge in [0.15, 0.2) is 11.5 Å². The third-order valence-electron chi connectivity index (χ3n) is 4.36. The van der Waals surface area contributed by atoms with Crippen LogP contribution in [0, 0.1) is 0 Å². The minimum atomic E-state index is -0.347. The van der Waals surface area contributed by atoms with Crippen molar-refractivity contribution in [3.8, 4) is 11.5 Å². The molecule has 0 bridgehead atoms. The number of nitrogens with zero attached hydrogens (tertiary/aromatic N) is 2. The predicted molar refractivity (Wildman–Crippen MR) is 106 cm³/mol. The highest BCUT2D eigenvalue weighted by atomic mass is 16.7. The van der Waals surface area contributed by atoms with Gasteiger partial charge in [-0.15, -0.1) is 0 Å². The van der Waals surface area contributed by atoms with E-state index >= 15 is 0 Å². The Hall–Kier alpha value is -3.61. The van der Waals surface area contributed by atoms with Crippen LogP contribution in [0.15, 0.2) is 54.9 Å². The second kappa shape index (κ2) is 7.56. The fraction of sp³-hybridized carbons (Fsp3) is 0.190. The number of hydrogen-bond donors (Lipinski definition) is 2. The Bertz CT molecular complexity index is 1000. The zero-order valence-corrected chi connectivity index (χ0v) is 15.6. The Balaban J connectivity index is 1.45. The molecule has 0 saturated heterocycles. The molecule has 2 heterocycles. The van der Waals surface area contributed by atoms with Crippen LogP contribution in [0.3, 0.4) is 0 Å². The summed E-state index contributed by atoms with van der Waals surface area (Å²) in [5.74, 6) is 1.87. The third-order valence-corrected chi connectivity index (χ3v) is 4.36. The molecule has 3 aromatic rings. The molecule has 7 heteroatoms. The number of benzene rings is 2. The Morgan fingerprint density at radius 2 is 1.86 bits per heavy atom. The van der Waals surface area contributed by atoms with E-state index in [1.54, 1.807) is 24.4 Å². The third kappa shape index (κ3) is 3.73. The number of para-hydroxylation sites is 1. The standard InChI is InChI=1S/C21H20N4O3/c1-13(2)15-5-3-4-6-16(15)25-20-11-22-17(10-23-20)21(26)24-14-7-8-18-19(9-14)28-12-27-18/h3-11,13H,12H2,1-2H3,(H,23,25)(H,24,26). The van der Waals surface area contributed by atoms with E-state index in [0.717, 1.165) is 5.69 Å². The van der Waals surface area contributed by atoms with Crippen LogP contribution in [-0.4, -0.2) is 22.7 Å². The van der Waals surface area contributed by atoms with Crippen LogP contribution in [0.2, 0.25) is 0 Å². The largest absolute Gasteiger partial charge is 0.454 e. The van der Waals surface area contributed by atoms with Gasteiger partial charge in [-0.05, 0) is 29.7 Å². The number of anilines is 3. The van der Waals surface area contributed by atoms with Crippen LogP contribution in [-0.2, 0) is 0 Å². The van der Waals surface area contributed by atoms with E-state index in [-0.39, 0.29) is 18.4 Å². The SMILES string of the molecule is CC(C)c1ccccc1Nc1cnc(C(=O)Nc2ccc3c(c2)OCO3)cn1. The molecule has 0 radical (unpaired) electrons. The molecule has 1 aliphatic heterocycles. The van der Waals surface area contributed by atoms with E-state index in [1.807, 2.05) is 18.2 Å². The number of fused-ring (bicyclic) bond motifs is 1. The Morgan fingerprint density at radius 3 is 2.64 bits per heavy atom. The summed E-state index contributed by atoms with van der Waals surface area (Å²) in [6.45, 7) is 4.46. The van der Waals surface area contributed by atoms with Crippen LogP contribution in [0.25, 0.3) is 0 Å². The quantitative estimate of drug-likeness (QED) is 0.690. The van der Waals surface area contributed by atoms with Gasteiger partial charge >= 0.3 is 0 Å². The Morgan fingerprint density at radius 1 is 1.04 bits per heavy atom. The van der Waals surface area contributed by atoms with Gasteiger partial charge in [-0.3, -0.25) is 4.79 Å². The lowest BCUT2D eigenvalue weighted by Gasteiger charge is -2.14. The van der Waals surface area contributed by atoms with Crippen molar-refractivity contribution in [2.24, 2.45) is 0 Å². The van der Waals surface area contributed by atoms with Crippen molar-refractivity contribution < 1.29 is 14.3 Å². The second-order valence-corrected chi connectivity index (χ2v) is 6.68. The summed E-state index contributed by atoms with van der Waals surface area (Å²) in [6, 6.07) is 13.3. The fourth-order valence-corrected chi connectivity index (χ4v) is 2.93. The first-order valence-electron chi connectivity index (χ1n) is 8.99. The maximum atomic E-state index is 12.4. The average Bonchev–Trinajstić information content (AvgIpc) is 3.16. The summed E-state index contributed by atoms with van der Waals surface area (Å²) >= 11 is 0. The second-order valence-electron chi connectivity index (χ2n) is 6.68. The average molecular weight is 376 g/mol. The topological polar surface area (TPSA) is 85.4 Å². The number of rotatable bonds is 5. The maximum Gasteiger partial charge on any atom is 0.275 e. The summed E-state index contributed by atoms with van der Waals surface area (Å²) in [5, 5.41) is 6.05. The minimum Gasteiger partial charge on any atom is -0.454 e. The summed E-state index contributed by atoms with van der Waals surface area (Å²) in [5.41, 5.74) is 2.99. The molecule has 142 valence electrons. The number of aromatic nitrogens is 2. The van der Waals surface area contributed by atoms with Crippen molar-refractivity contribution in [2.75, 3.05) is 17.4 Å². The zero-order chi connectivity index (χ0) is 19.5. The van der Waals surface area contributed by atoms with Crippen LogP contribution in [0.5, 0.6) is 11.5 Å². The molecule has 2 N–H and O–H groups in total. The zero-order valence-electron chi connectivity index (χ0n) is 15.6. The van der Waals surface area contributed by atoms with Crippen molar-refractivity contribution in [3.05, 3.63) is 66.1 Å². The molecule has 0 aliphatic carbocycles. The van der Waals surface area contributed by atoms with Gasteiger partial charge in [0.25, 0.3) is 5.91 Å². The number of ether oxygens (including phenoxy) is 2. The smallest absolute Gasteiger partial charge is 0.275 e. The molecule has 1 amide bonds. The lowest BCUT2D eigenvalue weighted by atomic mass is 10.0. The van der Waals surface area contributed by atoms with Crippen LogP contribution in [0.1, 0.15) is 35.8 Å². The molecule has 0 saturated carbocycles. The highest BCUT2D eigenvalue weighted by molar-refractivity contribution is 6.02. The summed E-state index contributed by atoms with van der Waals surface area (Å²) in [4.78, 5) is 21.0. The van der Waals surface area contributed by atoms with Gasteiger partial charge in [-0.1, -0.05) is 32.0 Å². The van der Waals surface area contributed by atoms with Crippen LogP contribution < -0.4 is 20.1 Å². The van der Waals surface area contributed by atoms with Crippen LogP contribution in [0.4, 0.5) is 17.2 Å². The van der Waals surface area contributed by atoms with Crippen molar-refractivity contribution in [2.45, 2.75) is 19.8 Å². The van der Waals surface area contributed by atoms with E-state index in [9.17, 15) is 4.79 Å². The fourth-order valence-electron chi connectivity index (χ4n) is 2.93.